The summed E-state index contributed by atoms with van der Waals surface area (Å²) in [6.45, 7) is -2.23. The Bertz CT molecular complexity index is 778. The van der Waals surface area contributed by atoms with E-state index in [1.807, 2.05) is 0 Å². The van der Waals surface area contributed by atoms with Gasteiger partial charge in [0.25, 0.3) is 10.1 Å². The molecule has 21 heavy (non-hydrogen) atoms. The summed E-state index contributed by atoms with van der Waals surface area (Å²) < 4.78 is 67.8. The fourth-order valence-electron chi connectivity index (χ4n) is 2.09. The van der Waals surface area contributed by atoms with E-state index in [9.17, 15) is 13.2 Å². The molecule has 1 aromatic carbocycles. The van der Waals surface area contributed by atoms with Crippen molar-refractivity contribution >= 4 is 16.2 Å². The first-order valence-electron chi connectivity index (χ1n) is 8.73. The molecule has 1 aliphatic heterocycles. The maximum atomic E-state index is 12.4. The first-order chi connectivity index (χ1) is 11.8. The summed E-state index contributed by atoms with van der Waals surface area (Å²) in [5.74, 6) is -1.47. The van der Waals surface area contributed by atoms with Crippen LogP contribution in [0.3, 0.4) is 0 Å². The number of hydrogen-bond donors (Lipinski definition) is 1. The molecule has 2 atom stereocenters. The Hall–Kier alpha value is -1.60. The molecule has 1 aliphatic rings. The predicted octanol–water partition coefficient (Wildman–Crippen LogP) is 2.09. The van der Waals surface area contributed by atoms with Crippen molar-refractivity contribution in [2.24, 2.45) is 5.92 Å². The van der Waals surface area contributed by atoms with Crippen LogP contribution in [-0.2, 0) is 14.3 Å². The Morgan fingerprint density at radius 2 is 2.14 bits per heavy atom. The third-order valence-corrected chi connectivity index (χ3v) is 4.63. The molecule has 116 valence electrons. The summed E-state index contributed by atoms with van der Waals surface area (Å²) in [7, 11) is -4.32. The van der Waals surface area contributed by atoms with Crippen molar-refractivity contribution in [2.75, 3.05) is 13.1 Å². The molecule has 0 bridgehead atoms. The lowest BCUT2D eigenvalue weighted by Gasteiger charge is -2.16. The maximum Gasteiger partial charge on any atom is 0.407 e. The lowest BCUT2D eigenvalue weighted by atomic mass is 10.0. The third-order valence-electron chi connectivity index (χ3n) is 3.28. The van der Waals surface area contributed by atoms with Gasteiger partial charge in [-0.3, -0.25) is 4.18 Å². The number of carboxylic acid groups (broad SMARTS) is 1. The van der Waals surface area contributed by atoms with Gasteiger partial charge in [0.15, 0.2) is 0 Å². The number of benzene rings is 1. The van der Waals surface area contributed by atoms with E-state index in [4.69, 9.17) is 16.1 Å². The standard InChI is InChI=1S/C14H19NO5S/c1-3-11-8-15(14(16)17)9-13(11)20-21(18,19)12-6-4-10(2)5-7-12/h4-7,11,13H,3,8-9H2,1-2H3,(H,16,17)/i1D3,3D2. The molecule has 0 aromatic heterocycles. The van der Waals surface area contributed by atoms with Gasteiger partial charge in [0.05, 0.1) is 17.5 Å². The summed E-state index contributed by atoms with van der Waals surface area (Å²) in [5, 5.41) is 9.12. The fourth-order valence-corrected chi connectivity index (χ4v) is 3.19. The minimum atomic E-state index is -4.32. The number of likely N-dealkylation sites (tertiary alicyclic amines) is 1. The first-order valence-corrected chi connectivity index (χ1v) is 7.64. The van der Waals surface area contributed by atoms with Crippen molar-refractivity contribution in [1.29, 1.82) is 0 Å². The average molecular weight is 318 g/mol. The molecule has 6 nitrogen and oxygen atoms in total. The highest BCUT2D eigenvalue weighted by Crippen LogP contribution is 2.26. The molecular formula is C14H19NO5S. The van der Waals surface area contributed by atoms with E-state index in [2.05, 4.69) is 0 Å². The molecule has 0 aliphatic carbocycles. The van der Waals surface area contributed by atoms with Crippen LogP contribution in [0.15, 0.2) is 29.2 Å². The van der Waals surface area contributed by atoms with Gasteiger partial charge in [-0.15, -0.1) is 0 Å². The normalized spacial score (nSPS) is 27.3. The summed E-state index contributed by atoms with van der Waals surface area (Å²) in [5.41, 5.74) is 0.818. The third kappa shape index (κ3) is 3.54. The van der Waals surface area contributed by atoms with Gasteiger partial charge in [-0.1, -0.05) is 24.5 Å². The summed E-state index contributed by atoms with van der Waals surface area (Å²) in [4.78, 5) is 11.8. The van der Waals surface area contributed by atoms with Crippen LogP contribution in [0.2, 0.25) is 0 Å². The molecule has 1 N–H and O–H groups in total. The minimum Gasteiger partial charge on any atom is -0.465 e. The number of hydrogen-bond acceptors (Lipinski definition) is 4. The van der Waals surface area contributed by atoms with Gasteiger partial charge in [0.1, 0.15) is 0 Å². The Morgan fingerprint density at radius 1 is 1.48 bits per heavy atom. The summed E-state index contributed by atoms with van der Waals surface area (Å²) in [6.07, 6.45) is -5.69. The van der Waals surface area contributed by atoms with Gasteiger partial charge in [0.2, 0.25) is 0 Å². The van der Waals surface area contributed by atoms with E-state index in [0.29, 0.717) is 0 Å². The molecule has 1 aromatic rings. The Labute approximate surface area is 131 Å². The molecular weight excluding hydrogens is 294 g/mol. The van der Waals surface area contributed by atoms with E-state index in [-0.39, 0.29) is 4.90 Å². The lowest BCUT2D eigenvalue weighted by molar-refractivity contribution is 0.145. The van der Waals surface area contributed by atoms with Crippen molar-refractivity contribution < 1.29 is 29.4 Å². The SMILES string of the molecule is [2H]C([2H])([2H])C([2H])([2H])C1CN(C(=O)O)CC1OS(=O)(=O)c1ccc(C)cc1. The fraction of sp³-hybridized carbons (Fsp3) is 0.500. The Morgan fingerprint density at radius 3 is 2.71 bits per heavy atom. The Kier molecular flexibility index (Phi) is 2.92. The topological polar surface area (TPSA) is 83.9 Å². The zero-order valence-electron chi connectivity index (χ0n) is 16.3. The molecule has 1 heterocycles. The molecule has 7 heteroatoms. The zero-order chi connectivity index (χ0) is 19.9. The van der Waals surface area contributed by atoms with Crippen LogP contribution < -0.4 is 0 Å². The number of nitrogens with zero attached hydrogens (tertiary/aromatic N) is 1. The van der Waals surface area contributed by atoms with Crippen LogP contribution in [0.5, 0.6) is 0 Å². The van der Waals surface area contributed by atoms with Crippen molar-refractivity contribution in [3.63, 3.8) is 0 Å². The monoisotopic (exact) mass is 318 g/mol. The van der Waals surface area contributed by atoms with Gasteiger partial charge in [-0.05, 0) is 25.4 Å². The van der Waals surface area contributed by atoms with Crippen LogP contribution >= 0.6 is 0 Å². The van der Waals surface area contributed by atoms with E-state index < -0.39 is 54.5 Å². The minimum absolute atomic E-state index is 0.176. The summed E-state index contributed by atoms with van der Waals surface area (Å²) in [6, 6.07) is 5.71. The van der Waals surface area contributed by atoms with Crippen LogP contribution in [0.4, 0.5) is 4.79 Å². The molecule has 0 spiro atoms. The number of aryl methyl sites for hydroxylation is 1. The molecule has 1 fully saturated rings. The number of carbonyl (C=O) groups is 1. The molecule has 2 rings (SSSR count). The van der Waals surface area contributed by atoms with Crippen molar-refractivity contribution in [3.8, 4) is 0 Å². The molecule has 1 amide bonds. The van der Waals surface area contributed by atoms with Crippen molar-refractivity contribution in [2.45, 2.75) is 31.1 Å². The van der Waals surface area contributed by atoms with E-state index in [1.54, 1.807) is 19.1 Å². The second-order valence-electron chi connectivity index (χ2n) is 4.84. The smallest absolute Gasteiger partial charge is 0.407 e. The molecule has 0 saturated carbocycles. The molecule has 2 unspecified atom stereocenters. The number of rotatable bonds is 4. The summed E-state index contributed by atoms with van der Waals surface area (Å²) >= 11 is 0. The highest BCUT2D eigenvalue weighted by molar-refractivity contribution is 7.86. The second kappa shape index (κ2) is 6.03. The van der Waals surface area contributed by atoms with Crippen LogP contribution in [0, 0.1) is 12.8 Å². The van der Waals surface area contributed by atoms with Gasteiger partial charge in [0, 0.05) is 19.3 Å². The second-order valence-corrected chi connectivity index (χ2v) is 6.41. The van der Waals surface area contributed by atoms with Crippen molar-refractivity contribution in [3.05, 3.63) is 29.8 Å². The van der Waals surface area contributed by atoms with E-state index in [1.165, 1.54) is 12.1 Å². The maximum absolute atomic E-state index is 12.4. The highest BCUT2D eigenvalue weighted by atomic mass is 32.2. The van der Waals surface area contributed by atoms with E-state index >= 15 is 0 Å². The van der Waals surface area contributed by atoms with Crippen LogP contribution in [0.25, 0.3) is 0 Å². The van der Waals surface area contributed by atoms with Gasteiger partial charge in [-0.25, -0.2) is 4.79 Å². The molecule has 0 radical (unpaired) electrons. The Balaban J connectivity index is 2.34. The van der Waals surface area contributed by atoms with Gasteiger partial charge in [-0.2, -0.15) is 8.42 Å². The predicted molar refractivity (Wildman–Crippen MR) is 76.6 cm³/mol. The average Bonchev–Trinajstić information content (AvgIpc) is 2.90. The lowest BCUT2D eigenvalue weighted by Crippen LogP contribution is -2.29. The zero-order valence-corrected chi connectivity index (χ0v) is 12.1. The number of amides is 1. The van der Waals surface area contributed by atoms with Crippen LogP contribution in [-0.4, -0.2) is 43.7 Å². The van der Waals surface area contributed by atoms with Gasteiger partial charge < -0.3 is 10.0 Å². The highest BCUT2D eigenvalue weighted by Gasteiger charge is 2.38. The van der Waals surface area contributed by atoms with Crippen molar-refractivity contribution in [1.82, 2.24) is 4.90 Å². The molecule has 1 saturated heterocycles. The largest absolute Gasteiger partial charge is 0.465 e. The van der Waals surface area contributed by atoms with Gasteiger partial charge >= 0.3 is 6.09 Å². The quantitative estimate of drug-likeness (QED) is 0.859. The van der Waals surface area contributed by atoms with Crippen LogP contribution in [0.1, 0.15) is 25.6 Å². The van der Waals surface area contributed by atoms with E-state index in [0.717, 1.165) is 10.5 Å². The first kappa shape index (κ1) is 10.2.